The van der Waals surface area contributed by atoms with E-state index in [9.17, 15) is 5.26 Å². The van der Waals surface area contributed by atoms with Gasteiger partial charge >= 0.3 is 0 Å². The number of methoxy groups -OCH3 is 1. The van der Waals surface area contributed by atoms with E-state index in [-0.39, 0.29) is 0 Å². The summed E-state index contributed by atoms with van der Waals surface area (Å²) in [4.78, 5) is 6.61. The molecule has 1 saturated heterocycles. The zero-order valence-corrected chi connectivity index (χ0v) is 14.6. The van der Waals surface area contributed by atoms with Gasteiger partial charge in [-0.25, -0.2) is 4.98 Å². The van der Waals surface area contributed by atoms with Crippen molar-refractivity contribution in [2.75, 3.05) is 38.3 Å². The van der Waals surface area contributed by atoms with Gasteiger partial charge in [0.25, 0.3) is 0 Å². The van der Waals surface area contributed by atoms with Gasteiger partial charge in [-0.05, 0) is 43.0 Å². The van der Waals surface area contributed by atoms with E-state index in [4.69, 9.17) is 9.47 Å². The van der Waals surface area contributed by atoms with E-state index in [1.165, 1.54) is 24.9 Å². The highest BCUT2D eigenvalue weighted by molar-refractivity contribution is 5.73. The van der Waals surface area contributed by atoms with Gasteiger partial charge in [0.15, 0.2) is 0 Å². The van der Waals surface area contributed by atoms with E-state index in [1.807, 2.05) is 6.07 Å². The maximum atomic E-state index is 9.57. The van der Waals surface area contributed by atoms with Crippen LogP contribution in [-0.4, -0.2) is 38.4 Å². The molecule has 2 aromatic rings. The maximum Gasteiger partial charge on any atom is 0.232 e. The minimum absolute atomic E-state index is 0.358. The Labute approximate surface area is 148 Å². The Balaban J connectivity index is 1.83. The number of rotatable bonds is 6. The average Bonchev–Trinajstić information content (AvgIpc) is 2.69. The van der Waals surface area contributed by atoms with Crippen LogP contribution in [0.5, 0.6) is 5.88 Å². The fourth-order valence-corrected chi connectivity index (χ4v) is 3.13. The van der Waals surface area contributed by atoms with Crippen molar-refractivity contribution in [3.05, 3.63) is 42.1 Å². The van der Waals surface area contributed by atoms with Crippen LogP contribution in [0.1, 0.15) is 24.8 Å². The van der Waals surface area contributed by atoms with Gasteiger partial charge in [-0.3, -0.25) is 0 Å². The number of ether oxygens (including phenoxy) is 2. The fourth-order valence-electron chi connectivity index (χ4n) is 3.13. The van der Waals surface area contributed by atoms with Crippen molar-refractivity contribution in [3.8, 4) is 23.1 Å². The van der Waals surface area contributed by atoms with Gasteiger partial charge in [-0.1, -0.05) is 12.1 Å². The van der Waals surface area contributed by atoms with Crippen LogP contribution in [-0.2, 0) is 4.74 Å². The summed E-state index contributed by atoms with van der Waals surface area (Å²) in [5.74, 6) is 0.358. The van der Waals surface area contributed by atoms with Crippen LogP contribution >= 0.6 is 0 Å². The number of pyridine rings is 1. The molecule has 0 amide bonds. The first-order chi connectivity index (χ1) is 12.3. The van der Waals surface area contributed by atoms with Gasteiger partial charge in [0, 0.05) is 37.6 Å². The van der Waals surface area contributed by atoms with Crippen LogP contribution in [0.4, 0.5) is 5.69 Å². The highest BCUT2D eigenvalue weighted by atomic mass is 16.5. The molecule has 5 nitrogen and oxygen atoms in total. The first kappa shape index (κ1) is 17.2. The van der Waals surface area contributed by atoms with Crippen molar-refractivity contribution >= 4 is 5.69 Å². The summed E-state index contributed by atoms with van der Waals surface area (Å²) in [7, 11) is 1.61. The Hall–Kier alpha value is -2.58. The molecule has 1 aliphatic heterocycles. The molecule has 0 N–H and O–H groups in total. The molecule has 1 aromatic heterocycles. The van der Waals surface area contributed by atoms with Gasteiger partial charge in [0.1, 0.15) is 18.2 Å². The van der Waals surface area contributed by atoms with E-state index in [2.05, 4.69) is 40.2 Å². The zero-order valence-electron chi connectivity index (χ0n) is 14.6. The van der Waals surface area contributed by atoms with Gasteiger partial charge < -0.3 is 14.4 Å². The summed E-state index contributed by atoms with van der Waals surface area (Å²) < 4.78 is 10.6. The highest BCUT2D eigenvalue weighted by Gasteiger charge is 2.14. The van der Waals surface area contributed by atoms with E-state index in [0.717, 1.165) is 24.2 Å². The largest absolute Gasteiger partial charge is 0.474 e. The van der Waals surface area contributed by atoms with Crippen LogP contribution < -0.4 is 9.64 Å². The molecule has 1 aromatic carbocycles. The summed E-state index contributed by atoms with van der Waals surface area (Å²) in [6.45, 7) is 3.07. The molecule has 0 unspecified atom stereocenters. The summed E-state index contributed by atoms with van der Waals surface area (Å²) in [5.41, 5.74) is 3.54. The number of hydrogen-bond donors (Lipinski definition) is 0. The Morgan fingerprint density at radius 2 is 1.84 bits per heavy atom. The molecule has 0 atom stereocenters. The van der Waals surface area contributed by atoms with Gasteiger partial charge in [0.05, 0.1) is 6.61 Å². The third-order valence-corrected chi connectivity index (χ3v) is 4.45. The molecule has 3 rings (SSSR count). The summed E-state index contributed by atoms with van der Waals surface area (Å²) in [5, 5.41) is 9.57. The van der Waals surface area contributed by atoms with Crippen LogP contribution in [0.25, 0.3) is 11.1 Å². The molecule has 0 radical (unpaired) electrons. The van der Waals surface area contributed by atoms with Gasteiger partial charge in [0.2, 0.25) is 5.88 Å². The van der Waals surface area contributed by atoms with Crippen molar-refractivity contribution in [2.45, 2.75) is 19.3 Å². The zero-order chi connectivity index (χ0) is 17.5. The van der Waals surface area contributed by atoms with Crippen LogP contribution in [0, 0.1) is 11.3 Å². The van der Waals surface area contributed by atoms with Crippen LogP contribution in [0.2, 0.25) is 0 Å². The normalized spacial score (nSPS) is 14.2. The molecule has 0 saturated carbocycles. The lowest BCUT2D eigenvalue weighted by molar-refractivity contribution is 0.143. The van der Waals surface area contributed by atoms with Crippen LogP contribution in [0.3, 0.4) is 0 Å². The molecule has 0 spiro atoms. The quantitative estimate of drug-likeness (QED) is 0.753. The third kappa shape index (κ3) is 4.09. The summed E-state index contributed by atoms with van der Waals surface area (Å²) >= 11 is 0. The molecular weight excluding hydrogens is 314 g/mol. The van der Waals surface area contributed by atoms with E-state index in [0.29, 0.717) is 24.7 Å². The number of anilines is 1. The minimum atomic E-state index is 0.358. The van der Waals surface area contributed by atoms with Crippen molar-refractivity contribution < 1.29 is 9.47 Å². The van der Waals surface area contributed by atoms with Crippen molar-refractivity contribution in [2.24, 2.45) is 0 Å². The number of nitriles is 1. The number of piperidine rings is 1. The Morgan fingerprint density at radius 1 is 1.08 bits per heavy atom. The molecule has 2 heterocycles. The molecule has 5 heteroatoms. The summed E-state index contributed by atoms with van der Waals surface area (Å²) in [6, 6.07) is 12.5. The van der Waals surface area contributed by atoms with Crippen LogP contribution in [0.15, 0.2) is 36.5 Å². The Kier molecular flexibility index (Phi) is 5.86. The smallest absolute Gasteiger partial charge is 0.232 e. The van der Waals surface area contributed by atoms with Gasteiger partial charge in [-0.2, -0.15) is 5.26 Å². The maximum absolute atomic E-state index is 9.57. The second-order valence-corrected chi connectivity index (χ2v) is 6.09. The molecule has 0 aliphatic carbocycles. The lowest BCUT2D eigenvalue weighted by Gasteiger charge is -2.28. The molecular formula is C20H23N3O2. The standard InChI is InChI=1S/C20H23N3O2/c1-24-13-14-25-20-19(15-21)18(9-10-22-20)16-5-7-17(8-6-16)23-11-3-2-4-12-23/h5-10H,2-4,11-14H2,1H3. The Bertz CT molecular complexity index is 732. The number of benzene rings is 1. The predicted octanol–water partition coefficient (Wildman–Crippen LogP) is 3.64. The lowest BCUT2D eigenvalue weighted by Crippen LogP contribution is -2.29. The predicted molar refractivity (Wildman–Crippen MR) is 97.8 cm³/mol. The SMILES string of the molecule is COCCOc1nccc(-c2ccc(N3CCCCC3)cc2)c1C#N. The molecule has 1 fully saturated rings. The van der Waals surface area contributed by atoms with Crippen molar-refractivity contribution in [1.82, 2.24) is 4.98 Å². The Morgan fingerprint density at radius 3 is 2.52 bits per heavy atom. The monoisotopic (exact) mass is 337 g/mol. The van der Waals surface area contributed by atoms with E-state index >= 15 is 0 Å². The van der Waals surface area contributed by atoms with E-state index in [1.54, 1.807) is 13.3 Å². The molecule has 0 bridgehead atoms. The number of hydrogen-bond acceptors (Lipinski definition) is 5. The first-order valence-corrected chi connectivity index (χ1v) is 8.69. The minimum Gasteiger partial charge on any atom is -0.474 e. The second-order valence-electron chi connectivity index (χ2n) is 6.09. The topological polar surface area (TPSA) is 58.4 Å². The number of nitrogens with zero attached hydrogens (tertiary/aromatic N) is 3. The average molecular weight is 337 g/mol. The lowest BCUT2D eigenvalue weighted by atomic mass is 10.0. The van der Waals surface area contributed by atoms with Gasteiger partial charge in [-0.15, -0.1) is 0 Å². The molecule has 25 heavy (non-hydrogen) atoms. The fraction of sp³-hybridized carbons (Fsp3) is 0.400. The highest BCUT2D eigenvalue weighted by Crippen LogP contribution is 2.30. The number of aromatic nitrogens is 1. The molecule has 1 aliphatic rings. The van der Waals surface area contributed by atoms with Crippen molar-refractivity contribution in [3.63, 3.8) is 0 Å². The summed E-state index contributed by atoms with van der Waals surface area (Å²) in [6.07, 6.45) is 5.51. The van der Waals surface area contributed by atoms with Crippen molar-refractivity contribution in [1.29, 1.82) is 5.26 Å². The third-order valence-electron chi connectivity index (χ3n) is 4.45. The first-order valence-electron chi connectivity index (χ1n) is 8.69. The van der Waals surface area contributed by atoms with E-state index < -0.39 is 0 Å². The molecule has 130 valence electrons. The second kappa shape index (κ2) is 8.50.